The largest absolute Gasteiger partial charge is 0.357 e. The average Bonchev–Trinajstić information content (AvgIpc) is 3.12. The van der Waals surface area contributed by atoms with Crippen molar-refractivity contribution in [3.05, 3.63) is 36.7 Å². The maximum Gasteiger partial charge on any atom is 0.256 e. The first-order valence-electron chi connectivity index (χ1n) is 8.62. The fraction of sp³-hybridized carbons (Fsp3) is 0.353. The predicted molar refractivity (Wildman–Crippen MR) is 105 cm³/mol. The van der Waals surface area contributed by atoms with Crippen molar-refractivity contribution in [2.24, 2.45) is 0 Å². The summed E-state index contributed by atoms with van der Waals surface area (Å²) in [6, 6.07) is 8.48. The van der Waals surface area contributed by atoms with Gasteiger partial charge in [0.05, 0.1) is 4.90 Å². The van der Waals surface area contributed by atoms with Crippen LogP contribution < -0.4 is 10.2 Å². The Morgan fingerprint density at radius 2 is 1.78 bits per heavy atom. The number of nitrogens with zero attached hydrogens (tertiary/aromatic N) is 6. The van der Waals surface area contributed by atoms with Crippen LogP contribution in [0.25, 0.3) is 5.78 Å². The van der Waals surface area contributed by atoms with E-state index in [0.717, 1.165) is 24.6 Å². The second kappa shape index (κ2) is 7.49. The van der Waals surface area contributed by atoms with Gasteiger partial charge < -0.3 is 10.2 Å². The normalized spacial score (nSPS) is 11.9. The van der Waals surface area contributed by atoms with Crippen LogP contribution in [0.2, 0.25) is 0 Å². The van der Waals surface area contributed by atoms with Crippen LogP contribution in [0.4, 0.5) is 17.3 Å². The Bertz CT molecular complexity index is 1030. The lowest BCUT2D eigenvalue weighted by molar-refractivity contribution is 0.521. The minimum atomic E-state index is -3.46. The first-order valence-corrected chi connectivity index (χ1v) is 10.1. The molecule has 0 saturated carbocycles. The van der Waals surface area contributed by atoms with Crippen LogP contribution >= 0.6 is 0 Å². The van der Waals surface area contributed by atoms with E-state index in [1.54, 1.807) is 28.8 Å². The highest BCUT2D eigenvalue weighted by Crippen LogP contribution is 2.23. The van der Waals surface area contributed by atoms with Crippen molar-refractivity contribution < 1.29 is 8.42 Å². The molecule has 0 radical (unpaired) electrons. The lowest BCUT2D eigenvalue weighted by Crippen LogP contribution is -2.23. The molecule has 0 amide bonds. The molecule has 144 valence electrons. The lowest BCUT2D eigenvalue weighted by Gasteiger charge is -2.20. The van der Waals surface area contributed by atoms with E-state index in [9.17, 15) is 8.42 Å². The minimum Gasteiger partial charge on any atom is -0.357 e. The van der Waals surface area contributed by atoms with Gasteiger partial charge in [0, 0.05) is 38.9 Å². The molecule has 0 aliphatic heterocycles. The van der Waals surface area contributed by atoms with Gasteiger partial charge in [-0.15, -0.1) is 0 Å². The minimum absolute atomic E-state index is 0.238. The van der Waals surface area contributed by atoms with E-state index >= 15 is 0 Å². The summed E-state index contributed by atoms with van der Waals surface area (Å²) in [5.41, 5.74) is 0.737. The number of aromatic nitrogens is 4. The molecule has 0 aliphatic rings. The highest BCUT2D eigenvalue weighted by Gasteiger charge is 2.17. The highest BCUT2D eigenvalue weighted by atomic mass is 32.2. The number of hydrogen-bond donors (Lipinski definition) is 1. The number of nitrogens with one attached hydrogen (secondary N) is 1. The van der Waals surface area contributed by atoms with Crippen molar-refractivity contribution in [3.8, 4) is 0 Å². The molecule has 0 atom stereocenters. The fourth-order valence-electron chi connectivity index (χ4n) is 2.67. The molecule has 0 spiro atoms. The Kier molecular flexibility index (Phi) is 5.29. The van der Waals surface area contributed by atoms with Crippen LogP contribution in [-0.2, 0) is 10.0 Å². The van der Waals surface area contributed by atoms with E-state index < -0.39 is 10.0 Å². The van der Waals surface area contributed by atoms with Gasteiger partial charge in [0.15, 0.2) is 0 Å². The van der Waals surface area contributed by atoms with E-state index in [-0.39, 0.29) is 4.90 Å². The van der Waals surface area contributed by atoms with E-state index in [0.29, 0.717) is 11.6 Å². The molecule has 2 heterocycles. The van der Waals surface area contributed by atoms with Gasteiger partial charge >= 0.3 is 0 Å². The third kappa shape index (κ3) is 3.71. The molecule has 3 rings (SSSR count). The van der Waals surface area contributed by atoms with Gasteiger partial charge in [0.25, 0.3) is 5.78 Å². The molecule has 1 aromatic carbocycles. The summed E-state index contributed by atoms with van der Waals surface area (Å²) in [5.74, 6) is 1.99. The molecule has 27 heavy (non-hydrogen) atoms. The van der Waals surface area contributed by atoms with Crippen LogP contribution in [0.15, 0.2) is 41.6 Å². The third-order valence-corrected chi connectivity index (χ3v) is 6.06. The second-order valence-electron chi connectivity index (χ2n) is 6.08. The Balaban J connectivity index is 1.95. The maximum absolute atomic E-state index is 12.2. The van der Waals surface area contributed by atoms with Crippen molar-refractivity contribution >= 4 is 33.1 Å². The van der Waals surface area contributed by atoms with Crippen LogP contribution in [0, 0.1) is 0 Å². The zero-order valence-corrected chi connectivity index (χ0v) is 16.6. The van der Waals surface area contributed by atoms with Crippen molar-refractivity contribution in [2.45, 2.75) is 18.7 Å². The van der Waals surface area contributed by atoms with Crippen LogP contribution in [-0.4, -0.2) is 59.5 Å². The summed E-state index contributed by atoms with van der Waals surface area (Å²) in [6.45, 7) is 5.78. The van der Waals surface area contributed by atoms with E-state index in [2.05, 4.69) is 39.1 Å². The van der Waals surface area contributed by atoms with Crippen LogP contribution in [0.1, 0.15) is 13.8 Å². The maximum atomic E-state index is 12.2. The highest BCUT2D eigenvalue weighted by molar-refractivity contribution is 7.89. The smallest absolute Gasteiger partial charge is 0.256 e. The van der Waals surface area contributed by atoms with E-state index in [1.165, 1.54) is 24.7 Å². The molecule has 0 aliphatic carbocycles. The average molecular weight is 389 g/mol. The number of benzene rings is 1. The second-order valence-corrected chi connectivity index (χ2v) is 8.23. The summed E-state index contributed by atoms with van der Waals surface area (Å²) in [5, 5.41) is 7.48. The summed E-state index contributed by atoms with van der Waals surface area (Å²) < 4.78 is 27.2. The van der Waals surface area contributed by atoms with Gasteiger partial charge in [0.1, 0.15) is 18.0 Å². The van der Waals surface area contributed by atoms with Gasteiger partial charge in [-0.3, -0.25) is 0 Å². The molecular formula is C17H23N7O2S. The zero-order valence-electron chi connectivity index (χ0n) is 15.8. The number of anilines is 3. The van der Waals surface area contributed by atoms with Gasteiger partial charge in [-0.25, -0.2) is 12.7 Å². The monoisotopic (exact) mass is 389 g/mol. The van der Waals surface area contributed by atoms with Gasteiger partial charge in [-0.05, 0) is 38.1 Å². The Hall–Kier alpha value is -2.72. The number of sulfonamides is 1. The molecule has 3 aromatic rings. The molecule has 0 unspecified atom stereocenters. The molecule has 0 bridgehead atoms. The molecule has 1 N–H and O–H groups in total. The molecule has 9 nitrogen and oxygen atoms in total. The first kappa shape index (κ1) is 19.1. The summed E-state index contributed by atoms with van der Waals surface area (Å²) in [7, 11) is -0.438. The standard InChI is InChI=1S/C17H23N7O2S/c1-5-23(6-2)15-11-16(24-17(21-15)18-12-19-24)20-13-7-9-14(10-8-13)27(25,26)22(3)4/h7-12,20H,5-6H2,1-4H3. The van der Waals surface area contributed by atoms with E-state index in [4.69, 9.17) is 0 Å². The molecule has 10 heteroatoms. The number of hydrogen-bond acceptors (Lipinski definition) is 7. The first-order chi connectivity index (χ1) is 12.9. The number of fused-ring (bicyclic) bond motifs is 1. The zero-order chi connectivity index (χ0) is 19.6. The van der Waals surface area contributed by atoms with Crippen LogP contribution in [0.3, 0.4) is 0 Å². The Morgan fingerprint density at radius 1 is 1.11 bits per heavy atom. The van der Waals surface area contributed by atoms with E-state index in [1.807, 2.05) is 6.07 Å². The fourth-order valence-corrected chi connectivity index (χ4v) is 3.57. The predicted octanol–water partition coefficient (Wildman–Crippen LogP) is 1.96. The van der Waals surface area contributed by atoms with Gasteiger partial charge in [-0.2, -0.15) is 19.6 Å². The van der Waals surface area contributed by atoms with Crippen molar-refractivity contribution in [1.82, 2.24) is 23.9 Å². The Labute approximate surface area is 158 Å². The van der Waals surface area contributed by atoms with Crippen molar-refractivity contribution in [2.75, 3.05) is 37.4 Å². The van der Waals surface area contributed by atoms with Crippen molar-refractivity contribution in [3.63, 3.8) is 0 Å². The topological polar surface area (TPSA) is 95.7 Å². The summed E-state index contributed by atoms with van der Waals surface area (Å²) >= 11 is 0. The molecule has 2 aromatic heterocycles. The SMILES string of the molecule is CCN(CC)c1cc(Nc2ccc(S(=O)(=O)N(C)C)cc2)n2ncnc2n1. The lowest BCUT2D eigenvalue weighted by atomic mass is 10.3. The molecule has 0 fully saturated rings. The molecular weight excluding hydrogens is 366 g/mol. The third-order valence-electron chi connectivity index (χ3n) is 4.23. The summed E-state index contributed by atoms with van der Waals surface area (Å²) in [4.78, 5) is 11.1. The van der Waals surface area contributed by atoms with Gasteiger partial charge in [-0.1, -0.05) is 0 Å². The van der Waals surface area contributed by atoms with Crippen molar-refractivity contribution in [1.29, 1.82) is 0 Å². The Morgan fingerprint density at radius 3 is 2.37 bits per heavy atom. The molecule has 0 saturated heterocycles. The quantitative estimate of drug-likeness (QED) is 0.660. The summed E-state index contributed by atoms with van der Waals surface area (Å²) in [6.07, 6.45) is 1.45. The van der Waals surface area contributed by atoms with Gasteiger partial charge in [0.2, 0.25) is 10.0 Å². The van der Waals surface area contributed by atoms with Crippen LogP contribution in [0.5, 0.6) is 0 Å². The number of rotatable bonds is 7.